The van der Waals surface area contributed by atoms with Crippen LogP contribution in [0.4, 0.5) is 15.8 Å². The van der Waals surface area contributed by atoms with Crippen LogP contribution in [-0.4, -0.2) is 15.1 Å². The van der Waals surface area contributed by atoms with Crippen LogP contribution in [-0.2, 0) is 0 Å². The quantitative estimate of drug-likeness (QED) is 0.549. The maximum absolute atomic E-state index is 12.8. The number of aromatic amines is 2. The van der Waals surface area contributed by atoms with E-state index in [1.807, 2.05) is 0 Å². The number of hydrogen-bond acceptors (Lipinski definition) is 2. The summed E-state index contributed by atoms with van der Waals surface area (Å²) < 4.78 is 12.8. The van der Waals surface area contributed by atoms with Gasteiger partial charge in [0.1, 0.15) is 5.82 Å². The zero-order valence-electron chi connectivity index (χ0n) is 10.7. The predicted octanol–water partition coefficient (Wildman–Crippen LogP) is 2.80. The molecule has 0 spiro atoms. The topological polar surface area (TPSA) is 72.7 Å². The van der Waals surface area contributed by atoms with E-state index in [-0.39, 0.29) is 11.5 Å². The maximum atomic E-state index is 12.8. The zero-order valence-corrected chi connectivity index (χ0v) is 11.6. The molecule has 0 atom stereocenters. The van der Waals surface area contributed by atoms with Gasteiger partial charge in [0.2, 0.25) is 0 Å². The lowest BCUT2D eigenvalue weighted by Crippen LogP contribution is -2.18. The highest BCUT2D eigenvalue weighted by Crippen LogP contribution is 2.15. The number of imidazole rings is 1. The standard InChI is InChI=1S/C14H11FN4OS/c15-8-1-3-9(4-2-8)16-14(21)17-10-5-6-11-12(7-10)19-13(20)18-11/h1-7H,(H2,16,17,21)(H2,18,19,20). The number of hydrogen-bond donors (Lipinski definition) is 4. The van der Waals surface area contributed by atoms with Gasteiger partial charge in [0.15, 0.2) is 5.11 Å². The summed E-state index contributed by atoms with van der Waals surface area (Å²) in [6.45, 7) is 0. The molecule has 0 saturated carbocycles. The Kier molecular flexibility index (Phi) is 3.41. The van der Waals surface area contributed by atoms with Crippen LogP contribution in [0.15, 0.2) is 47.3 Å². The molecule has 106 valence electrons. The Hall–Kier alpha value is -2.67. The van der Waals surface area contributed by atoms with Crippen LogP contribution in [0, 0.1) is 5.82 Å². The summed E-state index contributed by atoms with van der Waals surface area (Å²) in [7, 11) is 0. The largest absolute Gasteiger partial charge is 0.332 e. The molecule has 0 aliphatic heterocycles. The first-order valence-corrected chi connectivity index (χ1v) is 6.56. The SMILES string of the molecule is O=c1[nH]c2ccc(NC(=S)Nc3ccc(F)cc3)cc2[nH]1. The second-order valence-electron chi connectivity index (χ2n) is 4.43. The molecule has 0 bridgehead atoms. The molecular weight excluding hydrogens is 291 g/mol. The summed E-state index contributed by atoms with van der Waals surface area (Å²) in [6, 6.07) is 11.2. The van der Waals surface area contributed by atoms with Gasteiger partial charge in [0, 0.05) is 11.4 Å². The molecule has 0 unspecified atom stereocenters. The van der Waals surface area contributed by atoms with E-state index in [4.69, 9.17) is 12.2 Å². The Bertz CT molecular complexity index is 853. The molecule has 0 aliphatic rings. The van der Waals surface area contributed by atoms with E-state index < -0.39 is 0 Å². The summed E-state index contributed by atoms with van der Waals surface area (Å²) >= 11 is 5.18. The molecule has 21 heavy (non-hydrogen) atoms. The third-order valence-electron chi connectivity index (χ3n) is 2.88. The molecule has 3 rings (SSSR count). The summed E-state index contributed by atoms with van der Waals surface area (Å²) in [5.41, 5.74) is 2.58. The molecule has 1 heterocycles. The third kappa shape index (κ3) is 3.09. The van der Waals surface area contributed by atoms with Gasteiger partial charge in [-0.05, 0) is 54.7 Å². The normalized spacial score (nSPS) is 10.5. The molecule has 0 fully saturated rings. The second-order valence-corrected chi connectivity index (χ2v) is 4.83. The third-order valence-corrected chi connectivity index (χ3v) is 3.08. The zero-order chi connectivity index (χ0) is 14.8. The molecule has 3 aromatic rings. The first-order valence-electron chi connectivity index (χ1n) is 6.16. The van der Waals surface area contributed by atoms with E-state index in [0.717, 1.165) is 11.2 Å². The molecule has 4 N–H and O–H groups in total. The minimum absolute atomic E-state index is 0.255. The number of rotatable bonds is 2. The van der Waals surface area contributed by atoms with Gasteiger partial charge < -0.3 is 20.6 Å². The fourth-order valence-corrected chi connectivity index (χ4v) is 2.17. The van der Waals surface area contributed by atoms with E-state index in [1.165, 1.54) is 12.1 Å². The van der Waals surface area contributed by atoms with Crippen LogP contribution >= 0.6 is 12.2 Å². The molecule has 0 aliphatic carbocycles. The van der Waals surface area contributed by atoms with Crippen molar-refractivity contribution in [1.29, 1.82) is 0 Å². The number of aromatic nitrogens is 2. The van der Waals surface area contributed by atoms with Gasteiger partial charge in [-0.3, -0.25) is 0 Å². The average molecular weight is 302 g/mol. The van der Waals surface area contributed by atoms with Crippen molar-refractivity contribution in [2.45, 2.75) is 0 Å². The van der Waals surface area contributed by atoms with E-state index >= 15 is 0 Å². The number of benzene rings is 2. The highest BCUT2D eigenvalue weighted by molar-refractivity contribution is 7.80. The van der Waals surface area contributed by atoms with Crippen molar-refractivity contribution in [3.05, 3.63) is 58.8 Å². The minimum atomic E-state index is -0.304. The van der Waals surface area contributed by atoms with Crippen molar-refractivity contribution >= 4 is 39.7 Å². The van der Waals surface area contributed by atoms with E-state index in [0.29, 0.717) is 16.3 Å². The highest BCUT2D eigenvalue weighted by Gasteiger charge is 2.02. The van der Waals surface area contributed by atoms with E-state index in [2.05, 4.69) is 20.6 Å². The van der Waals surface area contributed by atoms with Gasteiger partial charge in [-0.1, -0.05) is 0 Å². The van der Waals surface area contributed by atoms with Crippen LogP contribution in [0.2, 0.25) is 0 Å². The molecule has 1 aromatic heterocycles. The molecule has 0 saturated heterocycles. The Morgan fingerprint density at radius 1 is 0.952 bits per heavy atom. The Labute approximate surface area is 124 Å². The number of fused-ring (bicyclic) bond motifs is 1. The summed E-state index contributed by atoms with van der Waals surface area (Å²) in [5.74, 6) is -0.304. The molecular formula is C14H11FN4OS. The Morgan fingerprint density at radius 3 is 2.33 bits per heavy atom. The van der Waals surface area contributed by atoms with E-state index in [1.54, 1.807) is 30.3 Å². The maximum Gasteiger partial charge on any atom is 0.323 e. The summed E-state index contributed by atoms with van der Waals surface area (Å²) in [6.07, 6.45) is 0. The van der Waals surface area contributed by atoms with Crippen molar-refractivity contribution < 1.29 is 4.39 Å². The first kappa shape index (κ1) is 13.3. The Balaban J connectivity index is 1.73. The average Bonchev–Trinajstić information content (AvgIpc) is 2.80. The van der Waals surface area contributed by atoms with Crippen LogP contribution in [0.1, 0.15) is 0 Å². The number of anilines is 2. The fraction of sp³-hybridized carbons (Fsp3) is 0. The van der Waals surface area contributed by atoms with E-state index in [9.17, 15) is 9.18 Å². The lowest BCUT2D eigenvalue weighted by atomic mass is 10.3. The van der Waals surface area contributed by atoms with Gasteiger partial charge in [-0.15, -0.1) is 0 Å². The van der Waals surface area contributed by atoms with Crippen LogP contribution < -0.4 is 16.3 Å². The smallest absolute Gasteiger partial charge is 0.323 e. The fourth-order valence-electron chi connectivity index (χ4n) is 1.94. The summed E-state index contributed by atoms with van der Waals surface area (Å²) in [5, 5.41) is 6.32. The Morgan fingerprint density at radius 2 is 1.57 bits per heavy atom. The van der Waals surface area contributed by atoms with Crippen molar-refractivity contribution in [3.8, 4) is 0 Å². The lowest BCUT2D eigenvalue weighted by molar-refractivity contribution is 0.628. The van der Waals surface area contributed by atoms with Crippen molar-refractivity contribution in [1.82, 2.24) is 9.97 Å². The molecule has 0 amide bonds. The minimum Gasteiger partial charge on any atom is -0.332 e. The monoisotopic (exact) mass is 302 g/mol. The first-order chi connectivity index (χ1) is 10.1. The molecule has 2 aromatic carbocycles. The number of H-pyrrole nitrogens is 2. The number of thiocarbonyl (C=S) groups is 1. The lowest BCUT2D eigenvalue weighted by Gasteiger charge is -2.10. The van der Waals surface area contributed by atoms with Crippen LogP contribution in [0.5, 0.6) is 0 Å². The van der Waals surface area contributed by atoms with Gasteiger partial charge in [-0.2, -0.15) is 0 Å². The van der Waals surface area contributed by atoms with Crippen molar-refractivity contribution in [2.24, 2.45) is 0 Å². The van der Waals surface area contributed by atoms with Crippen LogP contribution in [0.25, 0.3) is 11.0 Å². The second kappa shape index (κ2) is 5.37. The van der Waals surface area contributed by atoms with Gasteiger partial charge in [0.25, 0.3) is 0 Å². The molecule has 0 radical (unpaired) electrons. The summed E-state index contributed by atoms with van der Waals surface area (Å²) in [4.78, 5) is 16.5. The molecule has 7 heteroatoms. The number of halogens is 1. The van der Waals surface area contributed by atoms with Crippen molar-refractivity contribution in [2.75, 3.05) is 10.6 Å². The van der Waals surface area contributed by atoms with Crippen molar-refractivity contribution in [3.63, 3.8) is 0 Å². The van der Waals surface area contributed by atoms with Gasteiger partial charge in [-0.25, -0.2) is 9.18 Å². The van der Waals surface area contributed by atoms with Crippen LogP contribution in [0.3, 0.4) is 0 Å². The highest BCUT2D eigenvalue weighted by atomic mass is 32.1. The predicted molar refractivity (Wildman–Crippen MR) is 85.2 cm³/mol. The van der Waals surface area contributed by atoms with Gasteiger partial charge >= 0.3 is 5.69 Å². The molecule has 5 nitrogen and oxygen atoms in total. The number of nitrogens with one attached hydrogen (secondary N) is 4. The van der Waals surface area contributed by atoms with Gasteiger partial charge in [0.05, 0.1) is 11.0 Å².